The summed E-state index contributed by atoms with van der Waals surface area (Å²) in [6, 6.07) is 12.4. The summed E-state index contributed by atoms with van der Waals surface area (Å²) < 4.78 is 5.76. The Hall–Kier alpha value is -3.09. The molecule has 2 N–H and O–H groups in total. The second-order valence-corrected chi connectivity index (χ2v) is 6.99. The van der Waals surface area contributed by atoms with Crippen molar-refractivity contribution in [3.8, 4) is 5.75 Å². The summed E-state index contributed by atoms with van der Waals surface area (Å²) in [5.74, 6) is 0.792. The minimum absolute atomic E-state index is 0.0384. The Labute approximate surface area is 157 Å². The lowest BCUT2D eigenvalue weighted by atomic mass is 9.96. The van der Waals surface area contributed by atoms with Gasteiger partial charge in [0.2, 0.25) is 0 Å². The van der Waals surface area contributed by atoms with Gasteiger partial charge in [-0.05, 0) is 44.0 Å². The van der Waals surface area contributed by atoms with Gasteiger partial charge in [-0.25, -0.2) is 0 Å². The summed E-state index contributed by atoms with van der Waals surface area (Å²) in [7, 11) is 0. The monoisotopic (exact) mass is 369 g/mol. The fourth-order valence-corrected chi connectivity index (χ4v) is 3.10. The van der Waals surface area contributed by atoms with Crippen LogP contribution in [-0.4, -0.2) is 30.0 Å². The number of fused-ring (bicyclic) bond motifs is 1. The van der Waals surface area contributed by atoms with Gasteiger partial charge in [-0.2, -0.15) is 0 Å². The van der Waals surface area contributed by atoms with E-state index < -0.39 is 4.92 Å². The summed E-state index contributed by atoms with van der Waals surface area (Å²) in [5.41, 5.74) is 1.71. The van der Waals surface area contributed by atoms with E-state index in [0.29, 0.717) is 18.8 Å². The van der Waals surface area contributed by atoms with Crippen molar-refractivity contribution >= 4 is 17.3 Å². The van der Waals surface area contributed by atoms with Gasteiger partial charge in [-0.15, -0.1) is 0 Å². The van der Waals surface area contributed by atoms with E-state index in [1.165, 1.54) is 6.07 Å². The Balaban J connectivity index is 1.69. The summed E-state index contributed by atoms with van der Waals surface area (Å²) in [4.78, 5) is 23.1. The van der Waals surface area contributed by atoms with E-state index in [4.69, 9.17) is 4.74 Å². The highest BCUT2D eigenvalue weighted by molar-refractivity contribution is 5.95. The molecule has 0 aliphatic carbocycles. The molecule has 7 nitrogen and oxygen atoms in total. The largest absolute Gasteiger partial charge is 0.493 e. The van der Waals surface area contributed by atoms with Crippen molar-refractivity contribution < 1.29 is 14.5 Å². The molecule has 1 aliphatic heterocycles. The van der Waals surface area contributed by atoms with Crippen molar-refractivity contribution in [2.45, 2.75) is 26.3 Å². The first kappa shape index (κ1) is 18.7. The number of carbonyl (C=O) groups is 1. The molecule has 1 amide bonds. The van der Waals surface area contributed by atoms with Crippen molar-refractivity contribution in [2.24, 2.45) is 5.92 Å². The zero-order valence-corrected chi connectivity index (χ0v) is 15.4. The molecule has 0 spiro atoms. The molecule has 0 fully saturated rings. The molecule has 142 valence electrons. The first-order valence-corrected chi connectivity index (χ1v) is 8.98. The average molecular weight is 369 g/mol. The van der Waals surface area contributed by atoms with Gasteiger partial charge in [0.15, 0.2) is 0 Å². The number of carbonyl (C=O) groups excluding carboxylic acids is 1. The molecule has 1 unspecified atom stereocenters. The normalized spacial score (nSPS) is 15.6. The Kier molecular flexibility index (Phi) is 5.59. The first-order chi connectivity index (χ1) is 12.9. The highest BCUT2D eigenvalue weighted by Gasteiger charge is 2.22. The van der Waals surface area contributed by atoms with Crippen LogP contribution in [0.4, 0.5) is 11.4 Å². The predicted molar refractivity (Wildman–Crippen MR) is 103 cm³/mol. The lowest BCUT2D eigenvalue weighted by Gasteiger charge is -2.25. The molecule has 2 aromatic carbocycles. The number of nitro groups is 1. The summed E-state index contributed by atoms with van der Waals surface area (Å²) in [6.07, 6.45) is 0.853. The average Bonchev–Trinajstić information content (AvgIpc) is 2.65. The minimum atomic E-state index is -0.471. The van der Waals surface area contributed by atoms with E-state index in [1.54, 1.807) is 12.1 Å². The van der Waals surface area contributed by atoms with Gasteiger partial charge in [0.25, 0.3) is 11.6 Å². The molecule has 2 aromatic rings. The quantitative estimate of drug-likeness (QED) is 0.601. The van der Waals surface area contributed by atoms with Crippen LogP contribution in [0.5, 0.6) is 5.75 Å². The molecule has 7 heteroatoms. The molecule has 1 aliphatic rings. The third-order valence-corrected chi connectivity index (χ3v) is 4.41. The molecule has 0 aromatic heterocycles. The Bertz CT molecular complexity index is 851. The number of rotatable bonds is 6. The van der Waals surface area contributed by atoms with Crippen LogP contribution in [0.2, 0.25) is 0 Å². The van der Waals surface area contributed by atoms with Crippen LogP contribution in [0.1, 0.15) is 29.8 Å². The molecule has 0 bridgehead atoms. The number of amides is 1. The van der Waals surface area contributed by atoms with E-state index >= 15 is 0 Å². The molecule has 0 radical (unpaired) electrons. The van der Waals surface area contributed by atoms with E-state index in [0.717, 1.165) is 17.7 Å². The maximum atomic E-state index is 12.1. The van der Waals surface area contributed by atoms with Crippen molar-refractivity contribution in [2.75, 3.05) is 18.5 Å². The molecular weight excluding hydrogens is 346 g/mol. The second-order valence-electron chi connectivity index (χ2n) is 6.99. The minimum Gasteiger partial charge on any atom is -0.493 e. The van der Waals surface area contributed by atoms with Gasteiger partial charge in [-0.1, -0.05) is 18.2 Å². The Morgan fingerprint density at radius 3 is 2.81 bits per heavy atom. The van der Waals surface area contributed by atoms with Crippen molar-refractivity contribution in [3.05, 3.63) is 63.7 Å². The smallest absolute Gasteiger partial charge is 0.293 e. The van der Waals surface area contributed by atoms with Crippen LogP contribution >= 0.6 is 0 Å². The number of nitrogens with one attached hydrogen (secondary N) is 2. The second kappa shape index (κ2) is 8.07. The number of ether oxygens (including phenoxy) is 1. The van der Waals surface area contributed by atoms with Crippen LogP contribution in [0, 0.1) is 16.0 Å². The SMILES string of the molecule is CC(C)NC(=O)c1ccc(NCC2COc3ccccc3C2)c([N+](=O)[O-])c1. The Morgan fingerprint density at radius 2 is 2.07 bits per heavy atom. The van der Waals surface area contributed by atoms with Crippen molar-refractivity contribution in [1.29, 1.82) is 0 Å². The molecule has 3 rings (SSSR count). The van der Waals surface area contributed by atoms with Gasteiger partial charge in [0.1, 0.15) is 11.4 Å². The van der Waals surface area contributed by atoms with Crippen LogP contribution in [-0.2, 0) is 6.42 Å². The molecule has 27 heavy (non-hydrogen) atoms. The van der Waals surface area contributed by atoms with E-state index in [-0.39, 0.29) is 29.1 Å². The third kappa shape index (κ3) is 4.55. The summed E-state index contributed by atoms with van der Waals surface area (Å²) >= 11 is 0. The topological polar surface area (TPSA) is 93.5 Å². The van der Waals surface area contributed by atoms with E-state index in [2.05, 4.69) is 10.6 Å². The van der Waals surface area contributed by atoms with Gasteiger partial charge in [-0.3, -0.25) is 14.9 Å². The third-order valence-electron chi connectivity index (χ3n) is 4.41. The van der Waals surface area contributed by atoms with E-state index in [1.807, 2.05) is 38.1 Å². The van der Waals surface area contributed by atoms with Gasteiger partial charge in [0, 0.05) is 30.1 Å². The Morgan fingerprint density at radius 1 is 1.30 bits per heavy atom. The number of nitro benzene ring substituents is 1. The zero-order chi connectivity index (χ0) is 19.4. The molecule has 0 saturated carbocycles. The molecule has 0 saturated heterocycles. The number of hydrogen-bond acceptors (Lipinski definition) is 5. The molecule has 1 atom stereocenters. The zero-order valence-electron chi connectivity index (χ0n) is 15.4. The van der Waals surface area contributed by atoms with Crippen molar-refractivity contribution in [1.82, 2.24) is 5.32 Å². The molecular formula is C20H23N3O4. The van der Waals surface area contributed by atoms with Crippen LogP contribution < -0.4 is 15.4 Å². The fourth-order valence-electron chi connectivity index (χ4n) is 3.10. The fraction of sp³-hybridized carbons (Fsp3) is 0.350. The lowest BCUT2D eigenvalue weighted by Crippen LogP contribution is -2.30. The highest BCUT2D eigenvalue weighted by atomic mass is 16.6. The summed E-state index contributed by atoms with van der Waals surface area (Å²) in [5, 5.41) is 17.3. The van der Waals surface area contributed by atoms with Gasteiger partial charge < -0.3 is 15.4 Å². The first-order valence-electron chi connectivity index (χ1n) is 8.98. The number of hydrogen-bond donors (Lipinski definition) is 2. The maximum absolute atomic E-state index is 12.1. The van der Waals surface area contributed by atoms with Crippen LogP contribution in [0.25, 0.3) is 0 Å². The van der Waals surface area contributed by atoms with Gasteiger partial charge in [0.05, 0.1) is 11.5 Å². The van der Waals surface area contributed by atoms with Crippen molar-refractivity contribution in [3.63, 3.8) is 0 Å². The van der Waals surface area contributed by atoms with Gasteiger partial charge >= 0.3 is 0 Å². The van der Waals surface area contributed by atoms with Crippen LogP contribution in [0.15, 0.2) is 42.5 Å². The maximum Gasteiger partial charge on any atom is 0.293 e. The summed E-state index contributed by atoms with van der Waals surface area (Å²) in [6.45, 7) is 4.79. The number of benzene rings is 2. The standard InChI is InChI=1S/C20H23N3O4/c1-13(2)22-20(24)16-7-8-17(18(10-16)23(25)26)21-11-14-9-15-5-3-4-6-19(15)27-12-14/h3-8,10,13-14,21H,9,11-12H2,1-2H3,(H,22,24). The highest BCUT2D eigenvalue weighted by Crippen LogP contribution is 2.29. The van der Waals surface area contributed by atoms with E-state index in [9.17, 15) is 14.9 Å². The number of nitrogens with zero attached hydrogens (tertiary/aromatic N) is 1. The predicted octanol–water partition coefficient (Wildman–Crippen LogP) is 3.40. The lowest BCUT2D eigenvalue weighted by molar-refractivity contribution is -0.384. The number of para-hydroxylation sites is 1. The molecule has 1 heterocycles. The van der Waals surface area contributed by atoms with Crippen LogP contribution in [0.3, 0.4) is 0 Å². The number of anilines is 1.